The van der Waals surface area contributed by atoms with Crippen LogP contribution in [0, 0.1) is 11.3 Å². The molecule has 4 nitrogen and oxygen atoms in total. The molecule has 0 aromatic carbocycles. The van der Waals surface area contributed by atoms with Crippen molar-refractivity contribution >= 4 is 5.91 Å². The number of pyridine rings is 1. The third kappa shape index (κ3) is 1.82. The van der Waals surface area contributed by atoms with Crippen molar-refractivity contribution < 1.29 is 4.79 Å². The van der Waals surface area contributed by atoms with Crippen LogP contribution in [-0.2, 0) is 0 Å². The Morgan fingerprint density at radius 1 is 1.53 bits per heavy atom. The molecule has 1 aliphatic rings. The van der Waals surface area contributed by atoms with Gasteiger partial charge < -0.3 is 4.90 Å². The molecule has 0 saturated carbocycles. The van der Waals surface area contributed by atoms with Crippen LogP contribution in [0.2, 0.25) is 0 Å². The predicted molar refractivity (Wildman–Crippen MR) is 53.9 cm³/mol. The van der Waals surface area contributed by atoms with Crippen molar-refractivity contribution in [2.24, 2.45) is 0 Å². The molecule has 2 rings (SSSR count). The van der Waals surface area contributed by atoms with E-state index >= 15 is 0 Å². The second-order valence-electron chi connectivity index (χ2n) is 3.52. The summed E-state index contributed by atoms with van der Waals surface area (Å²) >= 11 is 0. The van der Waals surface area contributed by atoms with Gasteiger partial charge in [-0.05, 0) is 25.0 Å². The first-order valence-corrected chi connectivity index (χ1v) is 4.93. The summed E-state index contributed by atoms with van der Waals surface area (Å²) in [5.74, 6) is -0.0681. The third-order valence-electron chi connectivity index (χ3n) is 2.59. The molecule has 1 fully saturated rings. The Morgan fingerprint density at radius 3 is 2.93 bits per heavy atom. The summed E-state index contributed by atoms with van der Waals surface area (Å²) in [5.41, 5.74) is 0.604. The number of hydrogen-bond donors (Lipinski definition) is 0. The standard InChI is InChI=1S/C11H11N3O/c12-8-10-2-1-7-14(10)11(15)9-3-5-13-6-4-9/h3-6,10H,1-2,7H2. The van der Waals surface area contributed by atoms with E-state index in [0.717, 1.165) is 12.8 Å². The number of nitriles is 1. The average molecular weight is 201 g/mol. The molecule has 1 saturated heterocycles. The highest BCUT2D eigenvalue weighted by Gasteiger charge is 2.28. The molecule has 0 spiro atoms. The molecule has 1 aliphatic heterocycles. The first-order valence-electron chi connectivity index (χ1n) is 4.93. The Hall–Kier alpha value is -1.89. The Labute approximate surface area is 88.1 Å². The molecular formula is C11H11N3O. The van der Waals surface area contributed by atoms with Crippen LogP contribution in [0.5, 0.6) is 0 Å². The van der Waals surface area contributed by atoms with Crippen LogP contribution in [0.15, 0.2) is 24.5 Å². The second-order valence-corrected chi connectivity index (χ2v) is 3.52. The Bertz CT molecular complexity index is 396. The zero-order valence-electron chi connectivity index (χ0n) is 8.26. The number of carbonyl (C=O) groups is 1. The quantitative estimate of drug-likeness (QED) is 0.686. The summed E-state index contributed by atoms with van der Waals surface area (Å²) in [6.45, 7) is 0.680. The van der Waals surface area contributed by atoms with E-state index in [0.29, 0.717) is 12.1 Å². The number of rotatable bonds is 1. The van der Waals surface area contributed by atoms with Crippen LogP contribution in [0.4, 0.5) is 0 Å². The second kappa shape index (κ2) is 4.09. The third-order valence-corrected chi connectivity index (χ3v) is 2.59. The normalized spacial score (nSPS) is 19.9. The van der Waals surface area contributed by atoms with E-state index < -0.39 is 0 Å². The molecular weight excluding hydrogens is 190 g/mol. The van der Waals surface area contributed by atoms with Crippen LogP contribution < -0.4 is 0 Å². The van der Waals surface area contributed by atoms with Gasteiger partial charge >= 0.3 is 0 Å². The monoisotopic (exact) mass is 201 g/mol. The van der Waals surface area contributed by atoms with E-state index in [-0.39, 0.29) is 11.9 Å². The highest BCUT2D eigenvalue weighted by Crippen LogP contribution is 2.18. The van der Waals surface area contributed by atoms with Gasteiger partial charge in [0.05, 0.1) is 6.07 Å². The van der Waals surface area contributed by atoms with E-state index in [1.807, 2.05) is 0 Å². The lowest BCUT2D eigenvalue weighted by atomic mass is 10.2. The molecule has 76 valence electrons. The number of hydrogen-bond acceptors (Lipinski definition) is 3. The minimum atomic E-state index is -0.259. The fraction of sp³-hybridized carbons (Fsp3) is 0.364. The van der Waals surface area contributed by atoms with Gasteiger partial charge in [0, 0.05) is 24.5 Å². The van der Waals surface area contributed by atoms with Gasteiger partial charge in [-0.25, -0.2) is 0 Å². The van der Waals surface area contributed by atoms with Crippen LogP contribution in [0.25, 0.3) is 0 Å². The summed E-state index contributed by atoms with van der Waals surface area (Å²) in [6.07, 6.45) is 4.87. The Balaban J connectivity index is 2.19. The number of nitrogens with zero attached hydrogens (tertiary/aromatic N) is 3. The molecule has 0 N–H and O–H groups in total. The molecule has 2 heterocycles. The van der Waals surface area contributed by atoms with Gasteiger partial charge in [-0.15, -0.1) is 0 Å². The lowest BCUT2D eigenvalue weighted by molar-refractivity contribution is 0.0765. The summed E-state index contributed by atoms with van der Waals surface area (Å²) in [7, 11) is 0. The number of aromatic nitrogens is 1. The SMILES string of the molecule is N#CC1CCCN1C(=O)c1ccncc1. The molecule has 15 heavy (non-hydrogen) atoms. The highest BCUT2D eigenvalue weighted by atomic mass is 16.2. The lowest BCUT2D eigenvalue weighted by Crippen LogP contribution is -2.34. The first-order chi connectivity index (χ1) is 7.33. The minimum absolute atomic E-state index is 0.0681. The van der Waals surface area contributed by atoms with Crippen LogP contribution in [0.1, 0.15) is 23.2 Å². The zero-order valence-corrected chi connectivity index (χ0v) is 8.26. The Kier molecular flexibility index (Phi) is 2.64. The van der Waals surface area contributed by atoms with Crippen molar-refractivity contribution in [3.05, 3.63) is 30.1 Å². The molecule has 0 aliphatic carbocycles. The van der Waals surface area contributed by atoms with Crippen molar-refractivity contribution in [3.8, 4) is 6.07 Å². The van der Waals surface area contributed by atoms with Crippen molar-refractivity contribution in [3.63, 3.8) is 0 Å². The van der Waals surface area contributed by atoms with Gasteiger partial charge in [-0.2, -0.15) is 5.26 Å². The van der Waals surface area contributed by atoms with Crippen molar-refractivity contribution in [2.45, 2.75) is 18.9 Å². The molecule has 1 amide bonds. The minimum Gasteiger partial charge on any atom is -0.323 e. The molecule has 4 heteroatoms. The van der Waals surface area contributed by atoms with E-state index in [4.69, 9.17) is 5.26 Å². The number of amides is 1. The molecule has 1 aromatic heterocycles. The fourth-order valence-corrected chi connectivity index (χ4v) is 1.80. The fourth-order valence-electron chi connectivity index (χ4n) is 1.80. The van der Waals surface area contributed by atoms with Crippen molar-refractivity contribution in [1.29, 1.82) is 5.26 Å². The smallest absolute Gasteiger partial charge is 0.255 e. The predicted octanol–water partition coefficient (Wildman–Crippen LogP) is 1.21. The maximum absolute atomic E-state index is 12.0. The van der Waals surface area contributed by atoms with Crippen LogP contribution in [0.3, 0.4) is 0 Å². The summed E-state index contributed by atoms with van der Waals surface area (Å²) in [6, 6.07) is 5.25. The average Bonchev–Trinajstić information content (AvgIpc) is 2.77. The Morgan fingerprint density at radius 2 is 2.27 bits per heavy atom. The van der Waals surface area contributed by atoms with E-state index in [2.05, 4.69) is 11.1 Å². The van der Waals surface area contributed by atoms with Gasteiger partial charge in [0.25, 0.3) is 5.91 Å². The highest BCUT2D eigenvalue weighted by molar-refractivity contribution is 5.94. The number of carbonyl (C=O) groups excluding carboxylic acids is 1. The summed E-state index contributed by atoms with van der Waals surface area (Å²) in [4.78, 5) is 17.5. The molecule has 0 radical (unpaired) electrons. The molecule has 1 aromatic rings. The zero-order chi connectivity index (χ0) is 10.7. The topological polar surface area (TPSA) is 57.0 Å². The van der Waals surface area contributed by atoms with Gasteiger partial charge in [-0.3, -0.25) is 9.78 Å². The molecule has 1 unspecified atom stereocenters. The summed E-state index contributed by atoms with van der Waals surface area (Å²) < 4.78 is 0. The first kappa shape index (κ1) is 9.66. The van der Waals surface area contributed by atoms with E-state index in [1.54, 1.807) is 29.4 Å². The largest absolute Gasteiger partial charge is 0.323 e. The van der Waals surface area contributed by atoms with E-state index in [9.17, 15) is 4.79 Å². The van der Waals surface area contributed by atoms with Crippen molar-refractivity contribution in [1.82, 2.24) is 9.88 Å². The van der Waals surface area contributed by atoms with Gasteiger partial charge in [0.15, 0.2) is 0 Å². The van der Waals surface area contributed by atoms with Crippen molar-refractivity contribution in [2.75, 3.05) is 6.54 Å². The van der Waals surface area contributed by atoms with Crippen LogP contribution in [-0.4, -0.2) is 28.4 Å². The van der Waals surface area contributed by atoms with Gasteiger partial charge in [-0.1, -0.05) is 0 Å². The van der Waals surface area contributed by atoms with E-state index in [1.165, 1.54) is 0 Å². The van der Waals surface area contributed by atoms with Crippen LogP contribution >= 0.6 is 0 Å². The number of likely N-dealkylation sites (tertiary alicyclic amines) is 1. The van der Waals surface area contributed by atoms with Gasteiger partial charge in [0.2, 0.25) is 0 Å². The maximum atomic E-state index is 12.0. The molecule has 1 atom stereocenters. The summed E-state index contributed by atoms with van der Waals surface area (Å²) in [5, 5.41) is 8.88. The van der Waals surface area contributed by atoms with Gasteiger partial charge in [0.1, 0.15) is 6.04 Å². The molecule has 0 bridgehead atoms. The maximum Gasteiger partial charge on any atom is 0.255 e. The lowest BCUT2D eigenvalue weighted by Gasteiger charge is -2.19.